The second-order valence-corrected chi connectivity index (χ2v) is 10.1. The summed E-state index contributed by atoms with van der Waals surface area (Å²) in [7, 11) is 0. The summed E-state index contributed by atoms with van der Waals surface area (Å²) in [4.78, 5) is 18.9. The number of hydrogen-bond donors (Lipinski definition) is 1. The summed E-state index contributed by atoms with van der Waals surface area (Å²) in [6, 6.07) is 3.34. The summed E-state index contributed by atoms with van der Waals surface area (Å²) >= 11 is 0. The van der Waals surface area contributed by atoms with E-state index in [0.717, 1.165) is 13.1 Å². The van der Waals surface area contributed by atoms with Crippen molar-refractivity contribution in [3.8, 4) is 17.0 Å². The highest BCUT2D eigenvalue weighted by Gasteiger charge is 2.41. The summed E-state index contributed by atoms with van der Waals surface area (Å²) in [5, 5.41) is 0. The standard InChI is InChI=1S/C23H29F4N7O2/c1-22(2)12-32(5-6-35-22)15-10-34(11-15)18-8-16(14-7-17(36-20(24)25)19(28)29-9-14)30-21(31-18)33-4-3-23(26,27)13-33/h7-9,15,20H,3-6,10-13H2,1-2H3,(H2,28,29). The molecule has 5 rings (SSSR count). The molecule has 3 aliphatic heterocycles. The third kappa shape index (κ3) is 5.26. The zero-order valence-corrected chi connectivity index (χ0v) is 20.1. The highest BCUT2D eigenvalue weighted by molar-refractivity contribution is 5.68. The van der Waals surface area contributed by atoms with Gasteiger partial charge in [0.1, 0.15) is 5.82 Å². The van der Waals surface area contributed by atoms with Gasteiger partial charge in [0.15, 0.2) is 11.6 Å². The summed E-state index contributed by atoms with van der Waals surface area (Å²) in [6.45, 7) is 4.44. The molecule has 2 aromatic heterocycles. The minimum Gasteiger partial charge on any atom is -0.431 e. The van der Waals surface area contributed by atoms with Crippen LogP contribution in [0.4, 0.5) is 35.1 Å². The van der Waals surface area contributed by atoms with Crippen LogP contribution in [0.1, 0.15) is 20.3 Å². The maximum atomic E-state index is 13.9. The number of nitrogen functional groups attached to an aromatic ring is 1. The number of rotatable bonds is 6. The minimum absolute atomic E-state index is 0.112. The Morgan fingerprint density at radius 2 is 1.89 bits per heavy atom. The molecule has 0 unspecified atom stereocenters. The van der Waals surface area contributed by atoms with Crippen molar-refractivity contribution in [3.63, 3.8) is 0 Å². The van der Waals surface area contributed by atoms with Crippen molar-refractivity contribution in [1.29, 1.82) is 0 Å². The van der Waals surface area contributed by atoms with Crippen molar-refractivity contribution in [2.75, 3.05) is 61.4 Å². The first-order chi connectivity index (χ1) is 17.0. The van der Waals surface area contributed by atoms with E-state index in [1.165, 1.54) is 17.2 Å². The molecule has 0 saturated carbocycles. The van der Waals surface area contributed by atoms with Crippen LogP contribution in [0.3, 0.4) is 0 Å². The van der Waals surface area contributed by atoms with Gasteiger partial charge in [-0.3, -0.25) is 4.90 Å². The molecule has 0 aromatic carbocycles. The number of halogens is 4. The van der Waals surface area contributed by atoms with E-state index in [4.69, 9.17) is 10.5 Å². The van der Waals surface area contributed by atoms with Crippen molar-refractivity contribution in [2.45, 2.75) is 44.4 Å². The normalized spacial score (nSPS) is 22.2. The molecule has 0 amide bonds. The Morgan fingerprint density at radius 1 is 1.11 bits per heavy atom. The summed E-state index contributed by atoms with van der Waals surface area (Å²) in [6.07, 6.45) is 1.10. The zero-order chi connectivity index (χ0) is 25.7. The first-order valence-corrected chi connectivity index (χ1v) is 11.8. The van der Waals surface area contributed by atoms with Gasteiger partial charge in [-0.2, -0.15) is 13.8 Å². The number of alkyl halides is 4. The summed E-state index contributed by atoms with van der Waals surface area (Å²) < 4.78 is 63.8. The Labute approximate surface area is 206 Å². The van der Waals surface area contributed by atoms with Crippen LogP contribution >= 0.6 is 0 Å². The van der Waals surface area contributed by atoms with Gasteiger partial charge in [0.2, 0.25) is 5.95 Å². The molecule has 9 nitrogen and oxygen atoms in total. The van der Waals surface area contributed by atoms with Gasteiger partial charge in [0.05, 0.1) is 24.4 Å². The Kier molecular flexibility index (Phi) is 6.31. The number of nitrogens with zero attached hydrogens (tertiary/aromatic N) is 6. The maximum absolute atomic E-state index is 13.9. The van der Waals surface area contributed by atoms with E-state index in [9.17, 15) is 17.6 Å². The molecule has 196 valence electrons. The number of pyridine rings is 1. The van der Waals surface area contributed by atoms with Crippen LogP contribution in [0.25, 0.3) is 11.3 Å². The van der Waals surface area contributed by atoms with E-state index in [1.54, 1.807) is 6.07 Å². The van der Waals surface area contributed by atoms with Crippen LogP contribution in [0, 0.1) is 0 Å². The van der Waals surface area contributed by atoms with Crippen LogP contribution in [0.2, 0.25) is 0 Å². The topological polar surface area (TPSA) is 92.9 Å². The van der Waals surface area contributed by atoms with E-state index in [-0.39, 0.29) is 36.1 Å². The predicted octanol–water partition coefficient (Wildman–Crippen LogP) is 2.87. The third-order valence-electron chi connectivity index (χ3n) is 6.70. The Hall–Kier alpha value is -2.93. The van der Waals surface area contributed by atoms with E-state index >= 15 is 0 Å². The van der Waals surface area contributed by atoms with Crippen LogP contribution < -0.4 is 20.3 Å². The van der Waals surface area contributed by atoms with Gasteiger partial charge < -0.3 is 25.0 Å². The summed E-state index contributed by atoms with van der Waals surface area (Å²) in [5.41, 5.74) is 6.18. The van der Waals surface area contributed by atoms with E-state index in [0.29, 0.717) is 42.8 Å². The lowest BCUT2D eigenvalue weighted by molar-refractivity contribution is -0.0995. The lowest BCUT2D eigenvalue weighted by atomic mass is 10.0. The molecule has 0 atom stereocenters. The molecule has 13 heteroatoms. The maximum Gasteiger partial charge on any atom is 0.387 e. The molecular weight excluding hydrogens is 482 g/mol. The molecule has 5 heterocycles. The van der Waals surface area contributed by atoms with Gasteiger partial charge in [-0.1, -0.05) is 0 Å². The lowest BCUT2D eigenvalue weighted by Gasteiger charge is -2.50. The van der Waals surface area contributed by atoms with Gasteiger partial charge in [0.25, 0.3) is 5.92 Å². The molecule has 36 heavy (non-hydrogen) atoms. The number of nitrogens with two attached hydrogens (primary N) is 1. The van der Waals surface area contributed by atoms with Gasteiger partial charge in [-0.15, -0.1) is 0 Å². The highest BCUT2D eigenvalue weighted by Crippen LogP contribution is 2.35. The van der Waals surface area contributed by atoms with Gasteiger partial charge in [-0.05, 0) is 19.9 Å². The van der Waals surface area contributed by atoms with Crippen molar-refractivity contribution in [1.82, 2.24) is 19.9 Å². The minimum atomic E-state index is -3.07. The smallest absolute Gasteiger partial charge is 0.387 e. The van der Waals surface area contributed by atoms with E-state index in [2.05, 4.69) is 43.3 Å². The number of morpholine rings is 1. The Morgan fingerprint density at radius 3 is 2.56 bits per heavy atom. The van der Waals surface area contributed by atoms with Gasteiger partial charge in [0, 0.05) is 63.0 Å². The molecule has 0 spiro atoms. The highest BCUT2D eigenvalue weighted by atomic mass is 19.3. The average Bonchev–Trinajstić information content (AvgIpc) is 3.13. The van der Waals surface area contributed by atoms with Crippen LogP contribution in [-0.2, 0) is 4.74 Å². The first-order valence-electron chi connectivity index (χ1n) is 11.8. The Bertz CT molecular complexity index is 1110. The number of aromatic nitrogens is 3. The molecule has 0 bridgehead atoms. The fraction of sp³-hybridized carbons (Fsp3) is 0.609. The van der Waals surface area contributed by atoms with E-state index in [1.807, 2.05) is 0 Å². The van der Waals surface area contributed by atoms with Crippen LogP contribution in [-0.4, -0.2) is 89.9 Å². The molecule has 3 aliphatic rings. The second-order valence-electron chi connectivity index (χ2n) is 10.1. The van der Waals surface area contributed by atoms with E-state index < -0.39 is 19.1 Å². The summed E-state index contributed by atoms with van der Waals surface area (Å²) in [5.74, 6) is -2.57. The number of anilines is 3. The van der Waals surface area contributed by atoms with Crippen LogP contribution in [0.15, 0.2) is 18.3 Å². The van der Waals surface area contributed by atoms with Crippen molar-refractivity contribution < 1.29 is 27.0 Å². The SMILES string of the molecule is CC1(C)CN(C2CN(c3cc(-c4cnc(N)c(OC(F)F)c4)nc(N4CCC(F)(F)C4)n3)C2)CCO1. The van der Waals surface area contributed by atoms with Crippen molar-refractivity contribution in [3.05, 3.63) is 18.3 Å². The zero-order valence-electron chi connectivity index (χ0n) is 20.1. The lowest BCUT2D eigenvalue weighted by Crippen LogP contribution is -2.64. The fourth-order valence-electron chi connectivity index (χ4n) is 4.80. The third-order valence-corrected chi connectivity index (χ3v) is 6.70. The molecular formula is C23H29F4N7O2. The molecule has 0 radical (unpaired) electrons. The van der Waals surface area contributed by atoms with Crippen molar-refractivity contribution in [2.24, 2.45) is 0 Å². The molecule has 3 fully saturated rings. The number of ether oxygens (including phenoxy) is 2. The van der Waals surface area contributed by atoms with Crippen molar-refractivity contribution >= 4 is 17.6 Å². The molecule has 2 N–H and O–H groups in total. The second kappa shape index (κ2) is 9.18. The molecule has 0 aliphatic carbocycles. The first kappa shape index (κ1) is 24.8. The quantitative estimate of drug-likeness (QED) is 0.588. The van der Waals surface area contributed by atoms with Gasteiger partial charge >= 0.3 is 6.61 Å². The van der Waals surface area contributed by atoms with Crippen LogP contribution in [0.5, 0.6) is 5.75 Å². The number of hydrogen-bond acceptors (Lipinski definition) is 9. The van der Waals surface area contributed by atoms with Gasteiger partial charge in [-0.25, -0.2) is 18.7 Å². The molecule has 2 aromatic rings. The Balaban J connectivity index is 1.42. The largest absolute Gasteiger partial charge is 0.431 e. The monoisotopic (exact) mass is 511 g/mol. The average molecular weight is 512 g/mol. The predicted molar refractivity (Wildman–Crippen MR) is 126 cm³/mol. The fourth-order valence-corrected chi connectivity index (χ4v) is 4.80. The molecule has 3 saturated heterocycles.